The summed E-state index contributed by atoms with van der Waals surface area (Å²) in [4.78, 5) is 18.5. The van der Waals surface area contributed by atoms with Crippen LogP contribution in [0.15, 0.2) is 27.8 Å². The van der Waals surface area contributed by atoms with Crippen LogP contribution in [-0.4, -0.2) is 27.8 Å². The largest absolute Gasteiger partial charge is 0.377 e. The minimum Gasteiger partial charge on any atom is -0.377 e. The molecule has 1 atom stereocenters. The highest BCUT2D eigenvalue weighted by molar-refractivity contribution is 5.50. The maximum atomic E-state index is 11.6. The van der Waals surface area contributed by atoms with E-state index in [0.29, 0.717) is 18.0 Å². The average Bonchev–Trinajstić information content (AvgIpc) is 2.86. The molecular weight excluding hydrogens is 248 g/mol. The Kier molecular flexibility index (Phi) is 4.08. The van der Waals surface area contributed by atoms with Crippen LogP contribution in [0, 0.1) is 0 Å². The molecule has 0 amide bonds. The Hall–Kier alpha value is -1.99. The molecule has 0 bridgehead atoms. The molecule has 1 unspecified atom stereocenters. The maximum Gasteiger partial charge on any atom is 0.263 e. The fourth-order valence-electron chi connectivity index (χ4n) is 1.45. The van der Waals surface area contributed by atoms with Crippen LogP contribution in [0.5, 0.6) is 0 Å². The van der Waals surface area contributed by atoms with Crippen LogP contribution >= 0.6 is 0 Å². The minimum absolute atomic E-state index is 0.0781. The average molecular weight is 264 g/mol. The first-order valence-electron chi connectivity index (χ1n) is 5.96. The number of aromatic nitrogens is 3. The summed E-state index contributed by atoms with van der Waals surface area (Å²) in [5.41, 5.74) is 6.00. The van der Waals surface area contributed by atoms with E-state index in [1.807, 2.05) is 13.8 Å². The van der Waals surface area contributed by atoms with Gasteiger partial charge in [-0.15, -0.1) is 0 Å². The highest BCUT2D eigenvalue weighted by atomic mass is 16.5. The predicted octanol–water partition coefficient (Wildman–Crippen LogP) is 0.850. The molecule has 2 aromatic rings. The summed E-state index contributed by atoms with van der Waals surface area (Å²) in [5, 5.41) is 3.77. The van der Waals surface area contributed by atoms with Gasteiger partial charge in [0.25, 0.3) is 5.89 Å². The molecule has 0 aromatic carbocycles. The lowest BCUT2D eigenvalue weighted by Gasteiger charge is -2.10. The van der Waals surface area contributed by atoms with Gasteiger partial charge >= 0.3 is 0 Å². The van der Waals surface area contributed by atoms with E-state index in [4.69, 9.17) is 15.0 Å². The first-order valence-corrected chi connectivity index (χ1v) is 5.96. The molecule has 0 aliphatic rings. The van der Waals surface area contributed by atoms with Crippen molar-refractivity contribution < 1.29 is 9.26 Å². The molecule has 0 aliphatic carbocycles. The molecule has 0 aliphatic heterocycles. The molecule has 0 fully saturated rings. The van der Waals surface area contributed by atoms with Crippen LogP contribution in [0.2, 0.25) is 0 Å². The van der Waals surface area contributed by atoms with E-state index >= 15 is 0 Å². The van der Waals surface area contributed by atoms with Gasteiger partial charge in [-0.2, -0.15) is 4.98 Å². The summed E-state index contributed by atoms with van der Waals surface area (Å²) in [6, 6.07) is 0.906. The number of rotatable bonds is 5. The quantitative estimate of drug-likeness (QED) is 0.829. The summed E-state index contributed by atoms with van der Waals surface area (Å²) < 4.78 is 10.4. The fourth-order valence-corrected chi connectivity index (χ4v) is 1.45. The van der Waals surface area contributed by atoms with E-state index < -0.39 is 6.04 Å². The first-order chi connectivity index (χ1) is 9.08. The van der Waals surface area contributed by atoms with Crippen LogP contribution in [0.25, 0.3) is 11.5 Å². The summed E-state index contributed by atoms with van der Waals surface area (Å²) in [6.45, 7) is 4.12. The van der Waals surface area contributed by atoms with Crippen molar-refractivity contribution in [3.05, 3.63) is 34.5 Å². The Balaban J connectivity index is 2.15. The Morgan fingerprint density at radius 3 is 3.00 bits per heavy atom. The van der Waals surface area contributed by atoms with Crippen LogP contribution < -0.4 is 11.2 Å². The van der Waals surface area contributed by atoms with Crippen molar-refractivity contribution >= 4 is 0 Å². The number of pyridine rings is 1. The van der Waals surface area contributed by atoms with Crippen molar-refractivity contribution in [1.29, 1.82) is 0 Å². The summed E-state index contributed by atoms with van der Waals surface area (Å²) in [7, 11) is 0. The summed E-state index contributed by atoms with van der Waals surface area (Å²) in [5.74, 6) is 0.468. The third kappa shape index (κ3) is 3.27. The minimum atomic E-state index is -0.484. The summed E-state index contributed by atoms with van der Waals surface area (Å²) in [6.07, 6.45) is 3.12. The first kappa shape index (κ1) is 13.4. The number of nitrogens with one attached hydrogen (secondary N) is 1. The molecule has 102 valence electrons. The van der Waals surface area contributed by atoms with Crippen molar-refractivity contribution in [2.75, 3.05) is 6.61 Å². The number of nitrogens with two attached hydrogens (primary N) is 1. The lowest BCUT2D eigenvalue weighted by Crippen LogP contribution is -2.20. The lowest BCUT2D eigenvalue weighted by molar-refractivity contribution is 0.0665. The van der Waals surface area contributed by atoms with Crippen LogP contribution in [-0.2, 0) is 4.74 Å². The Morgan fingerprint density at radius 2 is 2.32 bits per heavy atom. The molecule has 19 heavy (non-hydrogen) atoms. The van der Waals surface area contributed by atoms with Crippen LogP contribution in [0.4, 0.5) is 0 Å². The van der Waals surface area contributed by atoms with Gasteiger partial charge in [0.15, 0.2) is 11.3 Å². The zero-order chi connectivity index (χ0) is 13.8. The predicted molar refractivity (Wildman–Crippen MR) is 68.4 cm³/mol. The molecule has 0 radical (unpaired) electrons. The van der Waals surface area contributed by atoms with Gasteiger partial charge in [-0.3, -0.25) is 4.79 Å². The Bertz CT molecular complexity index is 590. The van der Waals surface area contributed by atoms with Gasteiger partial charge in [0.2, 0.25) is 0 Å². The van der Waals surface area contributed by atoms with Gasteiger partial charge in [0.05, 0.1) is 18.8 Å². The number of hydrogen-bond acceptors (Lipinski definition) is 6. The van der Waals surface area contributed by atoms with E-state index in [1.54, 1.807) is 0 Å². The second kappa shape index (κ2) is 5.77. The number of aromatic amines is 1. The molecule has 7 heteroatoms. The molecule has 0 saturated carbocycles. The number of nitrogens with zero attached hydrogens (tertiary/aromatic N) is 2. The SMILES string of the molecule is CC(C)OCC(N)c1noc(-c2c[nH]ccc2=O)n1. The van der Waals surface area contributed by atoms with Gasteiger partial charge in [0.1, 0.15) is 5.56 Å². The van der Waals surface area contributed by atoms with Gasteiger partial charge in [-0.1, -0.05) is 5.16 Å². The van der Waals surface area contributed by atoms with Gasteiger partial charge in [0, 0.05) is 18.5 Å². The third-order valence-corrected chi connectivity index (χ3v) is 2.44. The second-order valence-corrected chi connectivity index (χ2v) is 4.37. The van der Waals surface area contributed by atoms with E-state index in [1.165, 1.54) is 18.5 Å². The zero-order valence-electron chi connectivity index (χ0n) is 10.8. The standard InChI is InChI=1S/C12H16N4O3/c1-7(2)18-6-9(13)11-15-12(19-16-11)8-5-14-4-3-10(8)17/h3-5,7,9H,6,13H2,1-2H3,(H,14,17). The monoisotopic (exact) mass is 264 g/mol. The van der Waals surface area contributed by atoms with Crippen molar-refractivity contribution in [2.45, 2.75) is 26.0 Å². The van der Waals surface area contributed by atoms with Crippen molar-refractivity contribution in [1.82, 2.24) is 15.1 Å². The van der Waals surface area contributed by atoms with E-state index in [2.05, 4.69) is 15.1 Å². The van der Waals surface area contributed by atoms with Crippen molar-refractivity contribution in [3.63, 3.8) is 0 Å². The second-order valence-electron chi connectivity index (χ2n) is 4.37. The summed E-state index contributed by atoms with van der Waals surface area (Å²) >= 11 is 0. The Labute approximate surface area is 109 Å². The highest BCUT2D eigenvalue weighted by Crippen LogP contribution is 2.14. The zero-order valence-corrected chi connectivity index (χ0v) is 10.8. The molecule has 0 saturated heterocycles. The van der Waals surface area contributed by atoms with E-state index in [9.17, 15) is 4.79 Å². The molecule has 3 N–H and O–H groups in total. The molecular formula is C12H16N4O3. The fraction of sp³-hybridized carbons (Fsp3) is 0.417. The maximum absolute atomic E-state index is 11.6. The van der Waals surface area contributed by atoms with E-state index in [0.717, 1.165) is 0 Å². The molecule has 2 rings (SSSR count). The van der Waals surface area contributed by atoms with Crippen LogP contribution in [0.1, 0.15) is 25.7 Å². The lowest BCUT2D eigenvalue weighted by atomic mass is 10.2. The molecule has 7 nitrogen and oxygen atoms in total. The Morgan fingerprint density at radius 1 is 1.53 bits per heavy atom. The number of ether oxygens (including phenoxy) is 1. The topological polar surface area (TPSA) is 107 Å². The van der Waals surface area contributed by atoms with Gasteiger partial charge in [-0.25, -0.2) is 0 Å². The smallest absolute Gasteiger partial charge is 0.263 e. The van der Waals surface area contributed by atoms with Gasteiger partial charge < -0.3 is 20.0 Å². The van der Waals surface area contributed by atoms with Crippen LogP contribution in [0.3, 0.4) is 0 Å². The third-order valence-electron chi connectivity index (χ3n) is 2.44. The molecule has 2 aromatic heterocycles. The van der Waals surface area contributed by atoms with E-state index in [-0.39, 0.29) is 17.4 Å². The van der Waals surface area contributed by atoms with Crippen molar-refractivity contribution in [3.8, 4) is 11.5 Å². The molecule has 2 heterocycles. The van der Waals surface area contributed by atoms with Gasteiger partial charge in [-0.05, 0) is 13.8 Å². The van der Waals surface area contributed by atoms with Crippen molar-refractivity contribution in [2.24, 2.45) is 5.73 Å². The normalized spacial score (nSPS) is 12.8. The molecule has 0 spiro atoms. The number of hydrogen-bond donors (Lipinski definition) is 2. The highest BCUT2D eigenvalue weighted by Gasteiger charge is 2.17. The number of H-pyrrole nitrogens is 1.